The van der Waals surface area contributed by atoms with E-state index in [9.17, 15) is 9.59 Å². The van der Waals surface area contributed by atoms with Crippen molar-refractivity contribution in [3.8, 4) is 0 Å². The number of hydrogen-bond acceptors (Lipinski definition) is 8. The molecule has 1 N–H and O–H groups in total. The van der Waals surface area contributed by atoms with Crippen LogP contribution in [0, 0.1) is 0 Å². The second kappa shape index (κ2) is 12.0. The van der Waals surface area contributed by atoms with Gasteiger partial charge in [0.1, 0.15) is 0 Å². The lowest BCUT2D eigenvalue weighted by Crippen LogP contribution is -2.32. The van der Waals surface area contributed by atoms with Gasteiger partial charge in [-0.15, -0.1) is 0 Å². The fraction of sp³-hybridized carbons (Fsp3) is 0.867. The zero-order valence-electron chi connectivity index (χ0n) is 15.0. The largest absolute Gasteiger partial charge is 0.377 e. The Kier molecular flexibility index (Phi) is 9.60. The number of H-pyrrole nitrogens is 1. The van der Waals surface area contributed by atoms with Crippen molar-refractivity contribution in [2.24, 2.45) is 7.05 Å². The minimum absolute atomic E-state index is 0.0861. The van der Waals surface area contributed by atoms with Crippen LogP contribution in [0.1, 0.15) is 6.23 Å². The quantitative estimate of drug-likeness (QED) is 0.628. The van der Waals surface area contributed by atoms with Crippen molar-refractivity contribution in [2.75, 3.05) is 72.7 Å². The maximum absolute atomic E-state index is 12.1. The Hall–Kier alpha value is -1.50. The summed E-state index contributed by atoms with van der Waals surface area (Å²) in [5.41, 5.74) is -1.02. The van der Waals surface area contributed by atoms with E-state index >= 15 is 0 Å². The van der Waals surface area contributed by atoms with E-state index < -0.39 is 17.6 Å². The average molecular weight is 377 g/mol. The number of aromatic nitrogens is 3. The molecule has 1 aliphatic heterocycles. The molecule has 1 aromatic heterocycles. The molecule has 11 heteroatoms. The van der Waals surface area contributed by atoms with Crippen LogP contribution in [0.25, 0.3) is 0 Å². The maximum Gasteiger partial charge on any atom is 0.349 e. The van der Waals surface area contributed by atoms with E-state index in [1.54, 1.807) is 0 Å². The van der Waals surface area contributed by atoms with Crippen LogP contribution in [0.4, 0.5) is 0 Å². The van der Waals surface area contributed by atoms with Gasteiger partial charge in [0.2, 0.25) is 0 Å². The standard InChI is InChI=1S/C15H27N3O8/c1-17-14(19)16-18(15(17)20)13-12-25-9-8-23-5-4-21-2-3-22-6-7-24-10-11-26-13/h13H,2-12H2,1H3,(H,16,19). The molecule has 2 heterocycles. The summed E-state index contributed by atoms with van der Waals surface area (Å²) in [5, 5.41) is 2.45. The summed E-state index contributed by atoms with van der Waals surface area (Å²) in [4.78, 5) is 23.7. The molecule has 11 nitrogen and oxygen atoms in total. The number of nitrogens with zero attached hydrogens (tertiary/aromatic N) is 2. The van der Waals surface area contributed by atoms with Crippen molar-refractivity contribution >= 4 is 0 Å². The van der Waals surface area contributed by atoms with Gasteiger partial charge in [-0.3, -0.25) is 0 Å². The summed E-state index contributed by atoms with van der Waals surface area (Å²) >= 11 is 0. The summed E-state index contributed by atoms with van der Waals surface area (Å²) in [6.07, 6.45) is -0.765. The van der Waals surface area contributed by atoms with Gasteiger partial charge in [-0.25, -0.2) is 23.9 Å². The zero-order chi connectivity index (χ0) is 18.6. The Morgan fingerprint density at radius 1 is 0.769 bits per heavy atom. The van der Waals surface area contributed by atoms with Crippen molar-refractivity contribution in [3.05, 3.63) is 21.0 Å². The van der Waals surface area contributed by atoms with E-state index in [-0.39, 0.29) is 13.2 Å². The smallest absolute Gasteiger partial charge is 0.349 e. The van der Waals surface area contributed by atoms with Gasteiger partial charge in [-0.1, -0.05) is 0 Å². The highest BCUT2D eigenvalue weighted by Gasteiger charge is 2.17. The van der Waals surface area contributed by atoms with Gasteiger partial charge in [0, 0.05) is 7.05 Å². The lowest BCUT2D eigenvalue weighted by atomic mass is 10.5. The molecule has 1 fully saturated rings. The Morgan fingerprint density at radius 3 is 1.69 bits per heavy atom. The van der Waals surface area contributed by atoms with Crippen LogP contribution in [0.5, 0.6) is 0 Å². The molecule has 26 heavy (non-hydrogen) atoms. The first-order valence-electron chi connectivity index (χ1n) is 8.58. The number of nitrogens with one attached hydrogen (secondary N) is 1. The molecule has 1 atom stereocenters. The molecule has 1 saturated heterocycles. The molecule has 0 radical (unpaired) electrons. The SMILES string of the molecule is Cn1c(=O)[nH]n(C2COCCOCCOCCOCCOCCO2)c1=O. The maximum atomic E-state index is 12.1. The van der Waals surface area contributed by atoms with Gasteiger partial charge < -0.3 is 28.4 Å². The fourth-order valence-corrected chi connectivity index (χ4v) is 2.17. The lowest BCUT2D eigenvalue weighted by Gasteiger charge is -2.18. The van der Waals surface area contributed by atoms with Crippen LogP contribution in [0.2, 0.25) is 0 Å². The number of ether oxygens (including phenoxy) is 6. The van der Waals surface area contributed by atoms with Gasteiger partial charge in [0.15, 0.2) is 6.23 Å². The summed E-state index contributed by atoms with van der Waals surface area (Å²) in [5.74, 6) is 0. The van der Waals surface area contributed by atoms with E-state index in [0.29, 0.717) is 59.5 Å². The molecule has 0 aromatic carbocycles. The summed E-state index contributed by atoms with van der Waals surface area (Å²) in [6, 6.07) is 0. The topological polar surface area (TPSA) is 115 Å². The van der Waals surface area contributed by atoms with Gasteiger partial charge in [0.05, 0.1) is 72.7 Å². The molecular weight excluding hydrogens is 350 g/mol. The molecule has 0 aliphatic carbocycles. The average Bonchev–Trinajstić information content (AvgIpc) is 2.89. The van der Waals surface area contributed by atoms with Crippen LogP contribution in [-0.2, 0) is 35.5 Å². The normalized spacial score (nSPS) is 23.2. The fourth-order valence-electron chi connectivity index (χ4n) is 2.17. The first kappa shape index (κ1) is 20.8. The third-order valence-corrected chi connectivity index (χ3v) is 3.59. The van der Waals surface area contributed by atoms with E-state index in [0.717, 1.165) is 9.25 Å². The van der Waals surface area contributed by atoms with E-state index in [1.807, 2.05) is 0 Å². The molecule has 1 aromatic rings. The monoisotopic (exact) mass is 377 g/mol. The van der Waals surface area contributed by atoms with Crippen LogP contribution in [-0.4, -0.2) is 87.0 Å². The van der Waals surface area contributed by atoms with Crippen LogP contribution in [0.3, 0.4) is 0 Å². The second-order valence-corrected chi connectivity index (χ2v) is 5.48. The predicted octanol–water partition coefficient (Wildman–Crippen LogP) is -1.51. The highest BCUT2D eigenvalue weighted by atomic mass is 16.6. The molecule has 2 rings (SSSR count). The number of rotatable bonds is 1. The van der Waals surface area contributed by atoms with Gasteiger partial charge in [-0.05, 0) is 0 Å². The van der Waals surface area contributed by atoms with Crippen molar-refractivity contribution in [1.82, 2.24) is 14.3 Å². The second-order valence-electron chi connectivity index (χ2n) is 5.48. The number of hydrogen-bond donors (Lipinski definition) is 1. The van der Waals surface area contributed by atoms with E-state index in [1.165, 1.54) is 7.05 Å². The molecule has 0 bridgehead atoms. The van der Waals surface area contributed by atoms with E-state index in [4.69, 9.17) is 28.4 Å². The highest BCUT2D eigenvalue weighted by Crippen LogP contribution is 2.04. The van der Waals surface area contributed by atoms with Gasteiger partial charge in [-0.2, -0.15) is 0 Å². The van der Waals surface area contributed by atoms with E-state index in [2.05, 4.69) is 5.10 Å². The summed E-state index contributed by atoms with van der Waals surface area (Å²) in [7, 11) is 1.39. The molecule has 0 amide bonds. The highest BCUT2D eigenvalue weighted by molar-refractivity contribution is 4.70. The Labute approximate surface area is 150 Å². The molecule has 150 valence electrons. The third kappa shape index (κ3) is 7.02. The van der Waals surface area contributed by atoms with Crippen LogP contribution >= 0.6 is 0 Å². The zero-order valence-corrected chi connectivity index (χ0v) is 15.0. The summed E-state index contributed by atoms with van der Waals surface area (Å²) < 4.78 is 34.7. The Morgan fingerprint density at radius 2 is 1.23 bits per heavy atom. The molecule has 0 saturated carbocycles. The lowest BCUT2D eigenvalue weighted by molar-refractivity contribution is -0.0926. The molecule has 1 aliphatic rings. The van der Waals surface area contributed by atoms with Gasteiger partial charge in [0.25, 0.3) is 0 Å². The molecule has 1 unspecified atom stereocenters. The first-order valence-corrected chi connectivity index (χ1v) is 8.58. The van der Waals surface area contributed by atoms with Crippen LogP contribution < -0.4 is 11.4 Å². The van der Waals surface area contributed by atoms with Crippen molar-refractivity contribution < 1.29 is 28.4 Å². The van der Waals surface area contributed by atoms with Gasteiger partial charge >= 0.3 is 11.4 Å². The summed E-state index contributed by atoms with van der Waals surface area (Å²) in [6.45, 7) is 4.17. The molecule has 0 spiro atoms. The minimum Gasteiger partial charge on any atom is -0.377 e. The predicted molar refractivity (Wildman–Crippen MR) is 89.4 cm³/mol. The van der Waals surface area contributed by atoms with Crippen LogP contribution in [0.15, 0.2) is 9.59 Å². The number of aromatic amines is 1. The van der Waals surface area contributed by atoms with Crippen molar-refractivity contribution in [2.45, 2.75) is 6.23 Å². The third-order valence-electron chi connectivity index (χ3n) is 3.59. The van der Waals surface area contributed by atoms with Crippen molar-refractivity contribution in [1.29, 1.82) is 0 Å². The molecular formula is C15H27N3O8. The minimum atomic E-state index is -0.765. The first-order chi connectivity index (χ1) is 12.7. The van der Waals surface area contributed by atoms with Crippen molar-refractivity contribution in [3.63, 3.8) is 0 Å². The Bertz CT molecular complexity index is 593. The Balaban J connectivity index is 1.90.